The number of nitrogens with zero attached hydrogens (tertiary/aromatic N) is 3. The van der Waals surface area contributed by atoms with Gasteiger partial charge >= 0.3 is 0 Å². The molecule has 31 heavy (non-hydrogen) atoms. The molecule has 6 heteroatoms. The molecular formula is C25H27ClN4S. The van der Waals surface area contributed by atoms with Gasteiger partial charge in [0.2, 0.25) is 4.77 Å². The standard InChI is InChI=1S/C25H27ClN4S/c26-20-6-8-22(9-7-20)30-23(25-13-17-10-18(14-25)12-19(11-17)15-25)28-29(24(30)31)16-27-21-4-2-1-3-5-21/h1-9,17-19,27H,10-16H2. The molecule has 2 aromatic carbocycles. The molecule has 4 bridgehead atoms. The van der Waals surface area contributed by atoms with Gasteiger partial charge in [-0.05, 0) is 105 Å². The first kappa shape index (κ1) is 19.6. The van der Waals surface area contributed by atoms with Crippen molar-refractivity contribution in [1.29, 1.82) is 0 Å². The summed E-state index contributed by atoms with van der Waals surface area (Å²) in [6.45, 7) is 0.558. The van der Waals surface area contributed by atoms with Crippen LogP contribution in [0.15, 0.2) is 54.6 Å². The van der Waals surface area contributed by atoms with E-state index in [-0.39, 0.29) is 5.41 Å². The Morgan fingerprint density at radius 1 is 0.935 bits per heavy atom. The topological polar surface area (TPSA) is 34.8 Å². The number of halogens is 1. The Morgan fingerprint density at radius 2 is 1.55 bits per heavy atom. The summed E-state index contributed by atoms with van der Waals surface area (Å²) in [4.78, 5) is 0. The number of hydrogen-bond donors (Lipinski definition) is 1. The Morgan fingerprint density at radius 3 is 2.16 bits per heavy atom. The van der Waals surface area contributed by atoms with E-state index in [9.17, 15) is 0 Å². The molecule has 0 atom stereocenters. The van der Waals surface area contributed by atoms with Crippen LogP contribution in [0.25, 0.3) is 5.69 Å². The van der Waals surface area contributed by atoms with Crippen molar-refractivity contribution >= 4 is 29.5 Å². The molecule has 0 amide bonds. The molecule has 4 fully saturated rings. The summed E-state index contributed by atoms with van der Waals surface area (Å²) in [6.07, 6.45) is 8.01. The Hall–Kier alpha value is -2.11. The van der Waals surface area contributed by atoms with Crippen molar-refractivity contribution in [3.63, 3.8) is 0 Å². The van der Waals surface area contributed by atoms with Crippen LogP contribution in [0.1, 0.15) is 44.3 Å². The Bertz CT molecular complexity index is 1110. The maximum absolute atomic E-state index is 6.19. The summed E-state index contributed by atoms with van der Waals surface area (Å²) in [5, 5.41) is 9.41. The fraction of sp³-hybridized carbons (Fsp3) is 0.440. The number of nitrogens with one attached hydrogen (secondary N) is 1. The van der Waals surface area contributed by atoms with Crippen molar-refractivity contribution in [2.24, 2.45) is 17.8 Å². The molecule has 0 aliphatic heterocycles. The minimum absolute atomic E-state index is 0.153. The lowest BCUT2D eigenvalue weighted by Crippen LogP contribution is -2.49. The van der Waals surface area contributed by atoms with Crippen molar-refractivity contribution in [1.82, 2.24) is 14.3 Å². The number of aromatic nitrogens is 3. The Labute approximate surface area is 193 Å². The molecule has 1 aromatic heterocycles. The van der Waals surface area contributed by atoms with E-state index in [1.165, 1.54) is 38.5 Å². The van der Waals surface area contributed by atoms with Crippen LogP contribution in [0, 0.1) is 22.5 Å². The molecule has 4 saturated carbocycles. The third-order valence-electron chi connectivity index (χ3n) is 7.64. The zero-order valence-electron chi connectivity index (χ0n) is 17.5. The highest BCUT2D eigenvalue weighted by atomic mass is 35.5. The lowest BCUT2D eigenvalue weighted by Gasteiger charge is -2.56. The fourth-order valence-electron chi connectivity index (χ4n) is 6.78. The van der Waals surface area contributed by atoms with Crippen molar-refractivity contribution in [2.75, 3.05) is 5.32 Å². The third kappa shape index (κ3) is 3.42. The van der Waals surface area contributed by atoms with Gasteiger partial charge in [0, 0.05) is 21.8 Å². The maximum atomic E-state index is 6.19. The van der Waals surface area contributed by atoms with E-state index in [1.54, 1.807) is 0 Å². The molecule has 3 aromatic rings. The predicted molar refractivity (Wildman–Crippen MR) is 127 cm³/mol. The van der Waals surface area contributed by atoms with Gasteiger partial charge in [-0.3, -0.25) is 4.57 Å². The second kappa shape index (κ2) is 7.49. The van der Waals surface area contributed by atoms with Gasteiger partial charge in [0.15, 0.2) is 0 Å². The summed E-state index contributed by atoms with van der Waals surface area (Å²) < 4.78 is 4.94. The number of hydrogen-bond acceptors (Lipinski definition) is 3. The molecule has 160 valence electrons. The normalized spacial score (nSPS) is 28.7. The zero-order chi connectivity index (χ0) is 21.0. The van der Waals surface area contributed by atoms with Gasteiger partial charge < -0.3 is 5.32 Å². The molecule has 1 heterocycles. The maximum Gasteiger partial charge on any atom is 0.204 e. The highest BCUT2D eigenvalue weighted by Gasteiger charge is 2.54. The summed E-state index contributed by atoms with van der Waals surface area (Å²) in [6, 6.07) is 18.3. The van der Waals surface area contributed by atoms with Crippen LogP contribution < -0.4 is 5.32 Å². The first-order valence-corrected chi connectivity index (χ1v) is 12.1. The Kier molecular flexibility index (Phi) is 4.73. The van der Waals surface area contributed by atoms with E-state index in [2.05, 4.69) is 34.1 Å². The van der Waals surface area contributed by atoms with Crippen LogP contribution >= 0.6 is 23.8 Å². The number of para-hydroxylation sites is 1. The van der Waals surface area contributed by atoms with Crippen molar-refractivity contribution < 1.29 is 0 Å². The largest absolute Gasteiger partial charge is 0.366 e. The van der Waals surface area contributed by atoms with Crippen LogP contribution in [0.5, 0.6) is 0 Å². The van der Waals surface area contributed by atoms with Crippen molar-refractivity contribution in [3.05, 3.63) is 70.2 Å². The lowest BCUT2D eigenvalue weighted by atomic mass is 9.49. The molecular weight excluding hydrogens is 424 g/mol. The monoisotopic (exact) mass is 450 g/mol. The average molecular weight is 451 g/mol. The van der Waals surface area contributed by atoms with Crippen LogP contribution in [0.3, 0.4) is 0 Å². The van der Waals surface area contributed by atoms with Gasteiger partial charge in [-0.25, -0.2) is 4.68 Å². The number of benzene rings is 2. The molecule has 0 saturated heterocycles. The van der Waals surface area contributed by atoms with E-state index in [1.807, 2.05) is 35.0 Å². The smallest absolute Gasteiger partial charge is 0.204 e. The quantitative estimate of drug-likeness (QED) is 0.445. The summed E-state index contributed by atoms with van der Waals surface area (Å²) in [5.74, 6) is 3.72. The second-order valence-electron chi connectivity index (χ2n) is 9.82. The first-order valence-electron chi connectivity index (χ1n) is 11.3. The molecule has 7 rings (SSSR count). The number of rotatable bonds is 5. The average Bonchev–Trinajstić information content (AvgIpc) is 3.10. The summed E-state index contributed by atoms with van der Waals surface area (Å²) in [5.41, 5.74) is 2.29. The minimum atomic E-state index is 0.153. The van der Waals surface area contributed by atoms with Crippen LogP contribution in [-0.4, -0.2) is 14.3 Å². The van der Waals surface area contributed by atoms with Crippen molar-refractivity contribution in [2.45, 2.75) is 50.6 Å². The zero-order valence-corrected chi connectivity index (χ0v) is 19.1. The highest BCUT2D eigenvalue weighted by molar-refractivity contribution is 7.71. The van der Waals surface area contributed by atoms with Gasteiger partial charge in [0.1, 0.15) is 12.5 Å². The van der Waals surface area contributed by atoms with Gasteiger partial charge in [-0.15, -0.1) is 0 Å². The Balaban J connectivity index is 1.43. The van der Waals surface area contributed by atoms with Gasteiger partial charge in [0.05, 0.1) is 0 Å². The minimum Gasteiger partial charge on any atom is -0.366 e. The summed E-state index contributed by atoms with van der Waals surface area (Å²) in [7, 11) is 0. The lowest BCUT2D eigenvalue weighted by molar-refractivity contribution is -0.0104. The van der Waals surface area contributed by atoms with Crippen LogP contribution in [0.4, 0.5) is 5.69 Å². The van der Waals surface area contributed by atoms with E-state index in [0.29, 0.717) is 6.67 Å². The van der Waals surface area contributed by atoms with Crippen molar-refractivity contribution in [3.8, 4) is 5.69 Å². The highest BCUT2D eigenvalue weighted by Crippen LogP contribution is 2.60. The molecule has 0 unspecified atom stereocenters. The first-order chi connectivity index (χ1) is 15.1. The van der Waals surface area contributed by atoms with E-state index < -0.39 is 0 Å². The van der Waals surface area contributed by atoms with Crippen LogP contribution in [-0.2, 0) is 12.1 Å². The molecule has 4 aliphatic rings. The van der Waals surface area contributed by atoms with E-state index in [4.69, 9.17) is 28.9 Å². The van der Waals surface area contributed by atoms with Gasteiger partial charge in [-0.2, -0.15) is 5.10 Å². The molecule has 4 nitrogen and oxygen atoms in total. The molecule has 0 spiro atoms. The second-order valence-corrected chi connectivity index (χ2v) is 10.6. The fourth-order valence-corrected chi connectivity index (χ4v) is 7.21. The predicted octanol–water partition coefficient (Wildman–Crippen LogP) is 6.59. The number of anilines is 1. The molecule has 4 aliphatic carbocycles. The molecule has 0 radical (unpaired) electrons. The van der Waals surface area contributed by atoms with E-state index >= 15 is 0 Å². The van der Waals surface area contributed by atoms with Gasteiger partial charge in [-0.1, -0.05) is 29.8 Å². The van der Waals surface area contributed by atoms with Gasteiger partial charge in [0.25, 0.3) is 0 Å². The van der Waals surface area contributed by atoms with Crippen LogP contribution in [0.2, 0.25) is 5.02 Å². The SMILES string of the molecule is S=c1n(CNc2ccccc2)nc(C23CC4CC(CC(C4)C2)C3)n1-c1ccc(Cl)cc1. The third-order valence-corrected chi connectivity index (χ3v) is 8.29. The van der Waals surface area contributed by atoms with E-state index in [0.717, 1.165) is 44.7 Å². The molecule has 1 N–H and O–H groups in total. The summed E-state index contributed by atoms with van der Waals surface area (Å²) >= 11 is 12.2.